The van der Waals surface area contributed by atoms with E-state index in [0.29, 0.717) is 16.5 Å². The van der Waals surface area contributed by atoms with Crippen LogP contribution in [0.4, 0.5) is 11.4 Å². The third-order valence-electron chi connectivity index (χ3n) is 5.92. The Morgan fingerprint density at radius 2 is 1.69 bits per heavy atom. The first-order valence-electron chi connectivity index (χ1n) is 11.1. The molecule has 0 radical (unpaired) electrons. The minimum absolute atomic E-state index is 0.0767. The minimum atomic E-state index is -0.460. The summed E-state index contributed by atoms with van der Waals surface area (Å²) >= 11 is 6.35. The van der Waals surface area contributed by atoms with Crippen LogP contribution >= 0.6 is 11.6 Å². The van der Waals surface area contributed by atoms with Crippen LogP contribution in [0.5, 0.6) is 17.2 Å². The van der Waals surface area contributed by atoms with Crippen LogP contribution in [-0.4, -0.2) is 24.7 Å². The lowest BCUT2D eigenvalue weighted by Gasteiger charge is -2.33. The van der Waals surface area contributed by atoms with E-state index < -0.39 is 4.92 Å². The van der Waals surface area contributed by atoms with Crippen LogP contribution in [0, 0.1) is 10.1 Å². The first-order chi connectivity index (χ1) is 16.6. The number of ether oxygens (including phenoxy) is 3. The van der Waals surface area contributed by atoms with Crippen molar-refractivity contribution < 1.29 is 19.1 Å². The fourth-order valence-corrected chi connectivity index (χ4v) is 4.71. The van der Waals surface area contributed by atoms with Crippen molar-refractivity contribution in [2.75, 3.05) is 19.5 Å². The molecule has 0 atom stereocenters. The summed E-state index contributed by atoms with van der Waals surface area (Å²) in [6.07, 6.45) is 2.17. The summed E-state index contributed by atoms with van der Waals surface area (Å²) in [4.78, 5) is 10.9. The number of nitro groups is 1. The highest BCUT2D eigenvalue weighted by Crippen LogP contribution is 2.44. The summed E-state index contributed by atoms with van der Waals surface area (Å²) in [6, 6.07) is 13.8. The molecule has 0 saturated heterocycles. The smallest absolute Gasteiger partial charge is 0.273 e. The quantitative estimate of drug-likeness (QED) is 0.278. The van der Waals surface area contributed by atoms with Gasteiger partial charge in [0.1, 0.15) is 12.4 Å². The molecule has 1 N–H and O–H groups in total. The molecule has 0 aliphatic carbocycles. The average Bonchev–Trinajstić information content (AvgIpc) is 2.81. The van der Waals surface area contributed by atoms with Gasteiger partial charge in [0.15, 0.2) is 11.5 Å². The summed E-state index contributed by atoms with van der Waals surface area (Å²) < 4.78 is 17.2. The second-order valence-corrected chi connectivity index (χ2v) is 9.35. The monoisotopic (exact) mass is 494 g/mol. The van der Waals surface area contributed by atoms with Gasteiger partial charge in [-0.1, -0.05) is 23.7 Å². The number of halogens is 1. The van der Waals surface area contributed by atoms with Gasteiger partial charge >= 0.3 is 0 Å². The van der Waals surface area contributed by atoms with Gasteiger partial charge in [-0.05, 0) is 62.2 Å². The van der Waals surface area contributed by atoms with Gasteiger partial charge in [-0.2, -0.15) is 0 Å². The molecule has 3 aromatic rings. The van der Waals surface area contributed by atoms with E-state index in [1.807, 2.05) is 24.3 Å². The first kappa shape index (κ1) is 24.4. The Balaban J connectivity index is 1.88. The zero-order chi connectivity index (χ0) is 25.3. The molecule has 3 aromatic carbocycles. The van der Waals surface area contributed by atoms with E-state index in [0.717, 1.165) is 33.5 Å². The summed E-state index contributed by atoms with van der Waals surface area (Å²) in [5.41, 5.74) is 5.40. The molecule has 182 valence electrons. The highest BCUT2D eigenvalue weighted by molar-refractivity contribution is 6.31. The van der Waals surface area contributed by atoms with Gasteiger partial charge in [0.2, 0.25) is 0 Å². The zero-order valence-corrected chi connectivity index (χ0v) is 21.0. The Morgan fingerprint density at radius 1 is 0.971 bits per heavy atom. The number of nitrogens with zero attached hydrogens (tertiary/aromatic N) is 1. The van der Waals surface area contributed by atoms with Crippen molar-refractivity contribution in [3.05, 3.63) is 80.9 Å². The van der Waals surface area contributed by atoms with Crippen molar-refractivity contribution >= 4 is 28.5 Å². The molecule has 0 amide bonds. The molecule has 1 heterocycles. The lowest BCUT2D eigenvalue weighted by atomic mass is 9.85. The number of fused-ring (bicyclic) bond motifs is 1. The van der Waals surface area contributed by atoms with E-state index in [2.05, 4.69) is 32.2 Å². The number of nitro benzene ring substituents is 1. The van der Waals surface area contributed by atoms with Crippen molar-refractivity contribution in [1.29, 1.82) is 0 Å². The molecule has 0 fully saturated rings. The number of hydrogen-bond acceptors (Lipinski definition) is 6. The maximum absolute atomic E-state index is 11.3. The number of non-ortho nitro benzene ring substituents is 1. The fraction of sp³-hybridized carbons (Fsp3) is 0.259. The maximum Gasteiger partial charge on any atom is 0.273 e. The SMILES string of the molecule is COc1ccc([N+](=O)[O-])cc1OCc1c(-c2cc(Cl)ccc2OC)ccc2c1C(C)=CC(C)(C)N2. The van der Waals surface area contributed by atoms with Gasteiger partial charge in [-0.25, -0.2) is 0 Å². The lowest BCUT2D eigenvalue weighted by molar-refractivity contribution is -0.385. The predicted octanol–water partition coefficient (Wildman–Crippen LogP) is 7.12. The van der Waals surface area contributed by atoms with Crippen LogP contribution in [0.3, 0.4) is 0 Å². The molecular formula is C27H27ClN2O5. The number of nitrogens with one attached hydrogen (secondary N) is 1. The standard InChI is InChI=1S/C27H27ClN2O5/c1-16-14-27(2,3)29-22-9-8-19(20-12-17(28)6-10-23(20)33-4)21(26(16)22)15-35-25-13-18(30(31)32)7-11-24(25)34-5/h6-14,29H,15H2,1-5H3. The Labute approximate surface area is 209 Å². The molecule has 1 aliphatic rings. The second-order valence-electron chi connectivity index (χ2n) is 8.91. The van der Waals surface area contributed by atoms with Crippen molar-refractivity contribution in [3.8, 4) is 28.4 Å². The number of hydrogen-bond donors (Lipinski definition) is 1. The number of allylic oxidation sites excluding steroid dienone is 1. The molecule has 0 saturated carbocycles. The Hall–Kier alpha value is -3.71. The van der Waals surface area contributed by atoms with Crippen LogP contribution in [0.25, 0.3) is 16.7 Å². The number of benzene rings is 3. The molecule has 0 spiro atoms. The molecule has 4 rings (SSSR count). The number of methoxy groups -OCH3 is 2. The Kier molecular flexibility index (Phi) is 6.63. The van der Waals surface area contributed by atoms with Crippen molar-refractivity contribution in [1.82, 2.24) is 0 Å². The molecule has 7 nitrogen and oxygen atoms in total. The largest absolute Gasteiger partial charge is 0.496 e. The van der Waals surface area contributed by atoms with Gasteiger partial charge in [0.25, 0.3) is 5.69 Å². The van der Waals surface area contributed by atoms with Gasteiger partial charge < -0.3 is 19.5 Å². The van der Waals surface area contributed by atoms with Gasteiger partial charge in [-0.3, -0.25) is 10.1 Å². The molecular weight excluding hydrogens is 468 g/mol. The third-order valence-corrected chi connectivity index (χ3v) is 6.16. The van der Waals surface area contributed by atoms with E-state index in [1.54, 1.807) is 13.2 Å². The highest BCUT2D eigenvalue weighted by Gasteiger charge is 2.27. The van der Waals surface area contributed by atoms with Crippen molar-refractivity contribution in [3.63, 3.8) is 0 Å². The van der Waals surface area contributed by atoms with Crippen LogP contribution in [0.15, 0.2) is 54.6 Å². The molecule has 35 heavy (non-hydrogen) atoms. The zero-order valence-electron chi connectivity index (χ0n) is 20.3. The average molecular weight is 495 g/mol. The summed E-state index contributed by atoms with van der Waals surface area (Å²) in [5, 5.41) is 15.5. The van der Waals surface area contributed by atoms with Crippen LogP contribution in [-0.2, 0) is 6.61 Å². The van der Waals surface area contributed by atoms with Crippen molar-refractivity contribution in [2.24, 2.45) is 0 Å². The molecule has 8 heteroatoms. The number of rotatable bonds is 7. The topological polar surface area (TPSA) is 82.9 Å². The summed E-state index contributed by atoms with van der Waals surface area (Å²) in [6.45, 7) is 6.42. The molecule has 0 bridgehead atoms. The van der Waals surface area contributed by atoms with E-state index in [4.69, 9.17) is 25.8 Å². The molecule has 0 aromatic heterocycles. The lowest BCUT2D eigenvalue weighted by Crippen LogP contribution is -2.32. The van der Waals surface area contributed by atoms with E-state index in [9.17, 15) is 10.1 Å². The highest BCUT2D eigenvalue weighted by atomic mass is 35.5. The first-order valence-corrected chi connectivity index (χ1v) is 11.4. The van der Waals surface area contributed by atoms with Crippen LogP contribution in [0.2, 0.25) is 5.02 Å². The maximum atomic E-state index is 11.3. The molecule has 0 unspecified atom stereocenters. The number of anilines is 1. The van der Waals surface area contributed by atoms with Crippen molar-refractivity contribution in [2.45, 2.75) is 32.9 Å². The Bertz CT molecular complexity index is 1330. The van der Waals surface area contributed by atoms with Gasteiger partial charge in [0, 0.05) is 33.5 Å². The van der Waals surface area contributed by atoms with E-state index in [-0.39, 0.29) is 23.6 Å². The molecule has 1 aliphatic heterocycles. The normalized spacial score (nSPS) is 13.8. The predicted molar refractivity (Wildman–Crippen MR) is 139 cm³/mol. The van der Waals surface area contributed by atoms with Crippen LogP contribution < -0.4 is 19.5 Å². The third kappa shape index (κ3) is 4.91. The van der Waals surface area contributed by atoms with E-state index in [1.165, 1.54) is 25.3 Å². The minimum Gasteiger partial charge on any atom is -0.496 e. The fourth-order valence-electron chi connectivity index (χ4n) is 4.53. The van der Waals surface area contributed by atoms with Gasteiger partial charge in [0.05, 0.1) is 30.7 Å². The Morgan fingerprint density at radius 3 is 2.37 bits per heavy atom. The second kappa shape index (κ2) is 9.50. The summed E-state index contributed by atoms with van der Waals surface area (Å²) in [7, 11) is 3.12. The van der Waals surface area contributed by atoms with Crippen LogP contribution in [0.1, 0.15) is 31.9 Å². The van der Waals surface area contributed by atoms with E-state index >= 15 is 0 Å². The summed E-state index contributed by atoms with van der Waals surface area (Å²) in [5.74, 6) is 1.37. The van der Waals surface area contributed by atoms with Gasteiger partial charge in [-0.15, -0.1) is 0 Å².